The van der Waals surface area contributed by atoms with Gasteiger partial charge in [0.2, 0.25) is 11.8 Å². The maximum Gasteiger partial charge on any atom is 0.249 e. The summed E-state index contributed by atoms with van der Waals surface area (Å²) in [5.41, 5.74) is 30.0. The lowest BCUT2D eigenvalue weighted by molar-refractivity contribution is 0.0993. The number of amides is 2. The van der Waals surface area contributed by atoms with Crippen molar-refractivity contribution in [3.8, 4) is 74.0 Å². The first-order valence-electron chi connectivity index (χ1n) is 30.8. The van der Waals surface area contributed by atoms with Crippen molar-refractivity contribution in [2.45, 2.75) is 114 Å². The summed E-state index contributed by atoms with van der Waals surface area (Å²) in [6, 6.07) is 45.4. The van der Waals surface area contributed by atoms with Gasteiger partial charge in [0, 0.05) is 104 Å². The van der Waals surface area contributed by atoms with E-state index >= 15 is 0 Å². The lowest BCUT2D eigenvalue weighted by Gasteiger charge is -2.18. The van der Waals surface area contributed by atoms with Crippen LogP contribution in [0.15, 0.2) is 146 Å². The second-order valence-electron chi connectivity index (χ2n) is 24.7. The van der Waals surface area contributed by atoms with E-state index in [1.807, 2.05) is 106 Å². The van der Waals surface area contributed by atoms with Crippen molar-refractivity contribution in [1.82, 2.24) is 58.6 Å². The van der Waals surface area contributed by atoms with Gasteiger partial charge >= 0.3 is 0 Å². The topological polar surface area (TPSA) is 241 Å². The molecule has 0 spiro atoms. The van der Waals surface area contributed by atoms with Crippen LogP contribution in [0.1, 0.15) is 155 Å². The molecule has 12 aromatic rings. The highest BCUT2D eigenvalue weighted by Crippen LogP contribution is 2.55. The Bertz CT molecular complexity index is 4780. The average molecular weight is 1170 g/mol. The molecule has 6 atom stereocenters. The first-order chi connectivity index (χ1) is 43.4. The van der Waals surface area contributed by atoms with Crippen molar-refractivity contribution in [3.05, 3.63) is 197 Å². The molecule has 2 unspecified atom stereocenters. The largest absolute Gasteiger partial charge is 0.366 e. The van der Waals surface area contributed by atoms with Gasteiger partial charge in [0.05, 0.1) is 73.5 Å². The number of primary amides is 2. The van der Waals surface area contributed by atoms with Crippen molar-refractivity contribution < 1.29 is 9.59 Å². The van der Waals surface area contributed by atoms with Crippen LogP contribution in [0, 0.1) is 32.1 Å². The molecule has 436 valence electrons. The highest BCUT2D eigenvalue weighted by molar-refractivity contribution is 6.07. The number of hydrogen-bond donors (Lipinski definition) is 2. The minimum Gasteiger partial charge on any atom is -0.366 e. The molecule has 3 aliphatic carbocycles. The van der Waals surface area contributed by atoms with Gasteiger partial charge in [-0.05, 0) is 170 Å². The van der Waals surface area contributed by atoms with Crippen LogP contribution in [0.3, 0.4) is 0 Å². The number of nitriles is 1. The van der Waals surface area contributed by atoms with E-state index in [-0.39, 0.29) is 0 Å². The standard InChI is InChI=1S/2C24H21N5O.C24H19N5/c2*1-13-3-2-4-20(27-13)21-22(29-16-7-5-15(11-16)24(29)28-21)14-6-8-19-18(12-14)17(23(25)30)9-10-26-19;1-14-3-2-4-21(27-14)22-23(29-18-7-5-16(11-18)24(29)28-22)15-6-8-20-19(12-15)17(13-25)9-10-26-20/h2*2-4,6,8-10,12,15-16H,5,7,11H2,1H3,(H2,25,30);2-4,6,8-10,12,16,18H,5,7,11H2,1H3/t2*15-,16+;/m00./s1. The first kappa shape index (κ1) is 53.8. The van der Waals surface area contributed by atoms with E-state index in [1.165, 1.54) is 75.3 Å². The van der Waals surface area contributed by atoms with Gasteiger partial charge in [0.25, 0.3) is 0 Å². The summed E-state index contributed by atoms with van der Waals surface area (Å²) in [6.07, 6.45) is 15.7. The molecule has 89 heavy (non-hydrogen) atoms. The summed E-state index contributed by atoms with van der Waals surface area (Å²) >= 11 is 0. The molecule has 3 aromatic carbocycles. The molecular weight excluding hydrogens is 1110 g/mol. The van der Waals surface area contributed by atoms with E-state index < -0.39 is 11.8 Å². The molecule has 17 heteroatoms. The van der Waals surface area contributed by atoms with Crippen LogP contribution in [0.25, 0.3) is 101 Å². The van der Waals surface area contributed by atoms with Crippen molar-refractivity contribution in [2.75, 3.05) is 0 Å². The Morgan fingerprint density at radius 2 is 0.787 bits per heavy atom. The van der Waals surface area contributed by atoms with Gasteiger partial charge in [0.1, 0.15) is 34.6 Å². The van der Waals surface area contributed by atoms with Gasteiger partial charge in [-0.3, -0.25) is 39.5 Å². The number of nitrogens with zero attached hydrogens (tertiary/aromatic N) is 13. The molecule has 3 aliphatic heterocycles. The molecule has 0 radical (unpaired) electrons. The zero-order valence-electron chi connectivity index (χ0n) is 49.5. The van der Waals surface area contributed by atoms with E-state index in [0.29, 0.717) is 52.6 Å². The fourth-order valence-corrected chi connectivity index (χ4v) is 15.4. The Morgan fingerprint density at radius 1 is 0.438 bits per heavy atom. The number of fused-ring (bicyclic) bond motifs is 18. The second-order valence-corrected chi connectivity index (χ2v) is 24.7. The number of carbonyl (C=O) groups excluding carboxylic acids is 2. The van der Waals surface area contributed by atoms with E-state index in [4.69, 9.17) is 41.4 Å². The van der Waals surface area contributed by atoms with Gasteiger partial charge in [-0.2, -0.15) is 5.26 Å². The van der Waals surface area contributed by atoms with Crippen molar-refractivity contribution in [3.63, 3.8) is 0 Å². The monoisotopic (exact) mass is 1170 g/mol. The number of benzene rings is 3. The second kappa shape index (κ2) is 21.1. The summed E-state index contributed by atoms with van der Waals surface area (Å²) in [6.45, 7) is 6.01. The molecule has 2 amide bonds. The minimum atomic E-state index is -0.447. The summed E-state index contributed by atoms with van der Waals surface area (Å²) in [4.78, 5) is 66.8. The van der Waals surface area contributed by atoms with E-state index in [2.05, 4.69) is 59.0 Å². The van der Waals surface area contributed by atoms with Crippen LogP contribution in [-0.2, 0) is 0 Å². The summed E-state index contributed by atoms with van der Waals surface area (Å²) in [7, 11) is 0. The number of imidazole rings is 3. The Balaban J connectivity index is 0.000000107. The number of nitrogens with two attached hydrogens (primary N) is 2. The number of rotatable bonds is 8. The van der Waals surface area contributed by atoms with Gasteiger partial charge in [-0.1, -0.05) is 36.4 Å². The third kappa shape index (κ3) is 8.98. The first-order valence-corrected chi connectivity index (χ1v) is 30.8. The Hall–Kier alpha value is -10.6. The number of hydrogen-bond acceptors (Lipinski definition) is 12. The zero-order valence-corrected chi connectivity index (χ0v) is 49.5. The molecule has 0 saturated heterocycles. The normalized spacial score (nSPS) is 19.4. The Morgan fingerprint density at radius 3 is 1.13 bits per heavy atom. The van der Waals surface area contributed by atoms with Crippen LogP contribution < -0.4 is 11.5 Å². The summed E-state index contributed by atoms with van der Waals surface area (Å²) in [5.74, 6) is 4.24. The maximum absolute atomic E-state index is 12.0. The van der Waals surface area contributed by atoms with Crippen LogP contribution in [0.5, 0.6) is 0 Å². The van der Waals surface area contributed by atoms with Crippen LogP contribution in [-0.4, -0.2) is 70.4 Å². The molecule has 18 rings (SSSR count). The van der Waals surface area contributed by atoms with Gasteiger partial charge in [0.15, 0.2) is 0 Å². The minimum absolute atomic E-state index is 0.447. The third-order valence-electron chi connectivity index (χ3n) is 19.3. The van der Waals surface area contributed by atoms with Crippen molar-refractivity contribution >= 4 is 44.5 Å². The van der Waals surface area contributed by atoms with E-state index in [1.54, 1.807) is 36.8 Å². The number of pyridine rings is 6. The highest BCUT2D eigenvalue weighted by atomic mass is 16.1. The van der Waals surface area contributed by atoms with Crippen LogP contribution >= 0.6 is 0 Å². The van der Waals surface area contributed by atoms with Gasteiger partial charge < -0.3 is 25.2 Å². The fourth-order valence-electron chi connectivity index (χ4n) is 15.4. The van der Waals surface area contributed by atoms with Crippen molar-refractivity contribution in [2.24, 2.45) is 11.5 Å². The van der Waals surface area contributed by atoms with Gasteiger partial charge in [-0.25, -0.2) is 15.0 Å². The Kier molecular flexibility index (Phi) is 12.8. The molecule has 9 aromatic heterocycles. The zero-order chi connectivity index (χ0) is 60.3. The quantitative estimate of drug-likeness (QED) is 0.144. The number of aryl methyl sites for hydroxylation is 3. The maximum atomic E-state index is 12.0. The number of carbonyl (C=O) groups is 2. The molecule has 17 nitrogen and oxygen atoms in total. The van der Waals surface area contributed by atoms with E-state index in [9.17, 15) is 14.9 Å². The SMILES string of the molecule is Cc1cccc(-c2nc3n(c2-c2ccc4nccc(C#N)c4c2)C2CCC3C2)n1.Cc1cccc(-c2nc3n(c2-c2ccc4nccc(C(N)=O)c4c2)[C@@H]2CC[C@H]3C2)n1.Cc1cccc(-c2nc3n(c2-c2ccc4nccc(C(N)=O)c4c2)[C@@H]2CC[C@H]3C2)n1. The fraction of sp³-hybridized carbons (Fsp3) is 0.250. The molecule has 3 saturated carbocycles. The lowest BCUT2D eigenvalue weighted by Crippen LogP contribution is -2.12. The molecule has 6 bridgehead atoms. The summed E-state index contributed by atoms with van der Waals surface area (Å²) < 4.78 is 7.26. The third-order valence-corrected chi connectivity index (χ3v) is 19.3. The number of aromatic nitrogens is 12. The molecule has 4 N–H and O–H groups in total. The molecular formula is C72H61N15O2. The predicted molar refractivity (Wildman–Crippen MR) is 341 cm³/mol. The smallest absolute Gasteiger partial charge is 0.249 e. The lowest BCUT2D eigenvalue weighted by atomic mass is 10.0. The molecule has 12 heterocycles. The summed E-state index contributed by atoms with van der Waals surface area (Å²) in [5, 5.41) is 12.0. The van der Waals surface area contributed by atoms with Crippen LogP contribution in [0.2, 0.25) is 0 Å². The van der Waals surface area contributed by atoms with Gasteiger partial charge in [-0.15, -0.1) is 0 Å². The van der Waals surface area contributed by atoms with E-state index in [0.717, 1.165) is 118 Å². The predicted octanol–water partition coefficient (Wildman–Crippen LogP) is 13.9. The average Bonchev–Trinajstić information content (AvgIpc) is 1.71. The molecule has 6 aliphatic rings. The highest BCUT2D eigenvalue weighted by Gasteiger charge is 2.44. The Labute approximate surface area is 512 Å². The van der Waals surface area contributed by atoms with Crippen molar-refractivity contribution in [1.29, 1.82) is 5.26 Å². The molecule has 3 fully saturated rings. The van der Waals surface area contributed by atoms with Crippen LogP contribution in [0.4, 0.5) is 0 Å².